The van der Waals surface area contributed by atoms with Crippen LogP contribution < -0.4 is 10.1 Å². The molecule has 1 N–H and O–H groups in total. The summed E-state index contributed by atoms with van der Waals surface area (Å²) < 4.78 is 7.55. The molecule has 0 saturated carbocycles. The van der Waals surface area contributed by atoms with Crippen LogP contribution in [0.5, 0.6) is 5.75 Å². The highest BCUT2D eigenvalue weighted by atomic mass is 16.5. The van der Waals surface area contributed by atoms with E-state index in [4.69, 9.17) is 4.74 Å². The molecular weight excluding hydrogens is 262 g/mol. The minimum atomic E-state index is 0.191. The van der Waals surface area contributed by atoms with E-state index in [1.165, 1.54) is 5.56 Å². The summed E-state index contributed by atoms with van der Waals surface area (Å²) in [6, 6.07) is 8.60. The lowest BCUT2D eigenvalue weighted by molar-refractivity contribution is 0.242. The summed E-state index contributed by atoms with van der Waals surface area (Å²) >= 11 is 0. The summed E-state index contributed by atoms with van der Waals surface area (Å²) in [4.78, 5) is 0. The second-order valence-electron chi connectivity index (χ2n) is 5.90. The molecule has 4 heteroatoms. The molecule has 0 aliphatic carbocycles. The van der Waals surface area contributed by atoms with Gasteiger partial charge in [0.2, 0.25) is 0 Å². The summed E-state index contributed by atoms with van der Waals surface area (Å²) in [5, 5.41) is 8.03. The molecule has 1 heterocycles. The molecule has 1 aromatic carbocycles. The predicted octanol–water partition coefficient (Wildman–Crippen LogP) is 3.37. The number of ether oxygens (including phenoxy) is 1. The second kappa shape index (κ2) is 6.76. The molecule has 0 unspecified atom stereocenters. The van der Waals surface area contributed by atoms with Crippen molar-refractivity contribution in [1.29, 1.82) is 0 Å². The van der Waals surface area contributed by atoms with E-state index >= 15 is 0 Å². The molecule has 0 aliphatic rings. The van der Waals surface area contributed by atoms with Crippen LogP contribution in [0, 0.1) is 0 Å². The Morgan fingerprint density at radius 3 is 2.38 bits per heavy atom. The number of aryl methyl sites for hydroxylation is 1. The van der Waals surface area contributed by atoms with Crippen molar-refractivity contribution in [2.45, 2.75) is 46.4 Å². The molecule has 114 valence electrons. The van der Waals surface area contributed by atoms with E-state index in [1.807, 2.05) is 37.7 Å². The molecular formula is C17H25N3O. The Bertz CT molecular complexity index is 570. The quantitative estimate of drug-likeness (QED) is 0.885. The Morgan fingerprint density at radius 2 is 1.81 bits per heavy atom. The van der Waals surface area contributed by atoms with Crippen LogP contribution in [-0.2, 0) is 13.6 Å². The van der Waals surface area contributed by atoms with Gasteiger partial charge in [0.15, 0.2) is 0 Å². The molecule has 1 aromatic heterocycles. The van der Waals surface area contributed by atoms with E-state index in [0.29, 0.717) is 6.04 Å². The van der Waals surface area contributed by atoms with Gasteiger partial charge in [-0.3, -0.25) is 4.68 Å². The number of aromatic nitrogens is 2. The van der Waals surface area contributed by atoms with Gasteiger partial charge in [-0.25, -0.2) is 0 Å². The molecule has 0 spiro atoms. The average Bonchev–Trinajstić information content (AvgIpc) is 2.78. The molecule has 0 aliphatic heterocycles. The highest BCUT2D eigenvalue weighted by Crippen LogP contribution is 2.24. The largest absolute Gasteiger partial charge is 0.491 e. The van der Waals surface area contributed by atoms with Gasteiger partial charge in [-0.1, -0.05) is 13.8 Å². The Kier molecular flexibility index (Phi) is 5.02. The average molecular weight is 287 g/mol. The van der Waals surface area contributed by atoms with Gasteiger partial charge in [0.1, 0.15) is 5.75 Å². The SMILES string of the molecule is CC(C)NCc1cn(C)nc1-c1ccc(OC(C)C)cc1. The standard InChI is InChI=1S/C17H25N3O/c1-12(2)18-10-15-11-20(5)19-17(15)14-6-8-16(9-7-14)21-13(3)4/h6-9,11-13,18H,10H2,1-5H3. The van der Waals surface area contributed by atoms with E-state index < -0.39 is 0 Å². The van der Waals surface area contributed by atoms with Crippen LogP contribution in [0.15, 0.2) is 30.5 Å². The van der Waals surface area contributed by atoms with E-state index in [-0.39, 0.29) is 6.10 Å². The number of benzene rings is 1. The van der Waals surface area contributed by atoms with Crippen molar-refractivity contribution in [3.63, 3.8) is 0 Å². The van der Waals surface area contributed by atoms with Gasteiger partial charge >= 0.3 is 0 Å². The maximum absolute atomic E-state index is 5.68. The van der Waals surface area contributed by atoms with Crippen molar-refractivity contribution >= 4 is 0 Å². The lowest BCUT2D eigenvalue weighted by Gasteiger charge is -2.10. The minimum absolute atomic E-state index is 0.191. The molecule has 21 heavy (non-hydrogen) atoms. The van der Waals surface area contributed by atoms with Gasteiger partial charge < -0.3 is 10.1 Å². The van der Waals surface area contributed by atoms with Crippen molar-refractivity contribution < 1.29 is 4.74 Å². The van der Waals surface area contributed by atoms with E-state index in [1.54, 1.807) is 0 Å². The van der Waals surface area contributed by atoms with Crippen LogP contribution >= 0.6 is 0 Å². The number of nitrogens with zero attached hydrogens (tertiary/aromatic N) is 2. The van der Waals surface area contributed by atoms with Crippen LogP contribution in [0.3, 0.4) is 0 Å². The fourth-order valence-corrected chi connectivity index (χ4v) is 2.19. The molecule has 0 amide bonds. The fourth-order valence-electron chi connectivity index (χ4n) is 2.19. The first-order chi connectivity index (χ1) is 9.95. The van der Waals surface area contributed by atoms with Gasteiger partial charge in [0, 0.05) is 37.0 Å². The van der Waals surface area contributed by atoms with Gasteiger partial charge in [0.25, 0.3) is 0 Å². The lowest BCUT2D eigenvalue weighted by Crippen LogP contribution is -2.21. The number of nitrogens with one attached hydrogen (secondary N) is 1. The van der Waals surface area contributed by atoms with Gasteiger partial charge in [0.05, 0.1) is 11.8 Å². The van der Waals surface area contributed by atoms with Crippen molar-refractivity contribution in [2.24, 2.45) is 7.05 Å². The summed E-state index contributed by atoms with van der Waals surface area (Å²) in [5.74, 6) is 0.895. The number of hydrogen-bond donors (Lipinski definition) is 1. The molecule has 0 saturated heterocycles. The maximum Gasteiger partial charge on any atom is 0.119 e. The molecule has 2 rings (SSSR count). The highest BCUT2D eigenvalue weighted by molar-refractivity contribution is 5.63. The van der Waals surface area contributed by atoms with Crippen molar-refractivity contribution in [2.75, 3.05) is 0 Å². The van der Waals surface area contributed by atoms with E-state index in [2.05, 4.69) is 42.6 Å². The monoisotopic (exact) mass is 287 g/mol. The first-order valence-electron chi connectivity index (χ1n) is 7.48. The number of rotatable bonds is 6. The van der Waals surface area contributed by atoms with Gasteiger partial charge in [-0.05, 0) is 38.1 Å². The second-order valence-corrected chi connectivity index (χ2v) is 5.90. The Morgan fingerprint density at radius 1 is 1.14 bits per heavy atom. The predicted molar refractivity (Wildman–Crippen MR) is 86.4 cm³/mol. The third-order valence-electron chi connectivity index (χ3n) is 3.10. The van der Waals surface area contributed by atoms with E-state index in [9.17, 15) is 0 Å². The molecule has 2 aromatic rings. The normalized spacial score (nSPS) is 11.4. The Hall–Kier alpha value is -1.81. The smallest absolute Gasteiger partial charge is 0.119 e. The van der Waals surface area contributed by atoms with Crippen LogP contribution in [0.4, 0.5) is 0 Å². The zero-order valence-electron chi connectivity index (χ0n) is 13.6. The van der Waals surface area contributed by atoms with E-state index in [0.717, 1.165) is 23.6 Å². The molecule has 4 nitrogen and oxygen atoms in total. The third kappa shape index (κ3) is 4.33. The highest BCUT2D eigenvalue weighted by Gasteiger charge is 2.10. The van der Waals surface area contributed by atoms with Crippen molar-refractivity contribution in [1.82, 2.24) is 15.1 Å². The van der Waals surface area contributed by atoms with Crippen LogP contribution in [-0.4, -0.2) is 21.9 Å². The zero-order valence-corrected chi connectivity index (χ0v) is 13.6. The molecule has 0 bridgehead atoms. The van der Waals surface area contributed by atoms with Crippen LogP contribution in [0.2, 0.25) is 0 Å². The minimum Gasteiger partial charge on any atom is -0.491 e. The van der Waals surface area contributed by atoms with Crippen LogP contribution in [0.1, 0.15) is 33.3 Å². The number of hydrogen-bond acceptors (Lipinski definition) is 3. The fraction of sp³-hybridized carbons (Fsp3) is 0.471. The maximum atomic E-state index is 5.68. The summed E-state index contributed by atoms with van der Waals surface area (Å²) in [7, 11) is 1.96. The third-order valence-corrected chi connectivity index (χ3v) is 3.10. The zero-order chi connectivity index (χ0) is 15.4. The summed E-state index contributed by atoms with van der Waals surface area (Å²) in [6.07, 6.45) is 2.26. The summed E-state index contributed by atoms with van der Waals surface area (Å²) in [5.41, 5.74) is 3.36. The molecule has 0 fully saturated rings. The first kappa shape index (κ1) is 15.6. The Labute approximate surface area is 127 Å². The van der Waals surface area contributed by atoms with Crippen LogP contribution in [0.25, 0.3) is 11.3 Å². The molecule has 0 radical (unpaired) electrons. The van der Waals surface area contributed by atoms with Gasteiger partial charge in [-0.15, -0.1) is 0 Å². The first-order valence-corrected chi connectivity index (χ1v) is 7.48. The van der Waals surface area contributed by atoms with Gasteiger partial charge in [-0.2, -0.15) is 5.10 Å². The Balaban J connectivity index is 2.20. The van der Waals surface area contributed by atoms with Crippen molar-refractivity contribution in [3.05, 3.63) is 36.0 Å². The van der Waals surface area contributed by atoms with Crippen molar-refractivity contribution in [3.8, 4) is 17.0 Å². The lowest BCUT2D eigenvalue weighted by atomic mass is 10.1. The molecule has 0 atom stereocenters. The topological polar surface area (TPSA) is 39.1 Å². The summed E-state index contributed by atoms with van der Waals surface area (Å²) in [6.45, 7) is 9.18.